The van der Waals surface area contributed by atoms with Crippen molar-refractivity contribution in [3.63, 3.8) is 0 Å². The summed E-state index contributed by atoms with van der Waals surface area (Å²) < 4.78 is 3.35. The number of halogens is 3. The van der Waals surface area contributed by atoms with Gasteiger partial charge in [-0.3, -0.25) is 4.79 Å². The third-order valence-corrected chi connectivity index (χ3v) is 5.45. The molecule has 0 heterocycles. The lowest BCUT2D eigenvalue weighted by Gasteiger charge is -2.08. The summed E-state index contributed by atoms with van der Waals surface area (Å²) in [7, 11) is 0. The summed E-state index contributed by atoms with van der Waals surface area (Å²) in [5.74, 6) is 0.295. The molecule has 0 radical (unpaired) electrons. The number of carbonyl (C=O) groups excluding carboxylic acids is 1. The van der Waals surface area contributed by atoms with E-state index in [1.54, 1.807) is 0 Å². The van der Waals surface area contributed by atoms with Crippen LogP contribution in [-0.2, 0) is 0 Å². The minimum atomic E-state index is 0.0671. The van der Waals surface area contributed by atoms with Crippen molar-refractivity contribution in [2.45, 2.75) is 13.8 Å². The number of benzene rings is 1. The highest BCUT2D eigenvalue weighted by atomic mass is 127. The lowest BCUT2D eigenvalue weighted by Crippen LogP contribution is -2.10. The average molecular weight is 526 g/mol. The normalized spacial score (nSPS) is 10.7. The van der Waals surface area contributed by atoms with Crippen molar-refractivity contribution in [1.82, 2.24) is 0 Å². The molecule has 76 valence electrons. The number of Topliss-reactive ketones (excluding diaryl/α,β-unsaturated/α-hetero) is 1. The highest BCUT2D eigenvalue weighted by molar-refractivity contribution is 14.1. The zero-order chi connectivity index (χ0) is 10.9. The van der Waals surface area contributed by atoms with Crippen LogP contribution in [0, 0.1) is 16.6 Å². The zero-order valence-corrected chi connectivity index (χ0v) is 14.2. The van der Waals surface area contributed by atoms with Gasteiger partial charge in [-0.2, -0.15) is 0 Å². The Morgan fingerprint density at radius 2 is 1.79 bits per heavy atom. The third-order valence-electron chi connectivity index (χ3n) is 1.78. The number of carbonyl (C=O) groups is 1. The maximum Gasteiger partial charge on any atom is 0.166 e. The first-order valence-corrected chi connectivity index (χ1v) is 7.36. The minimum Gasteiger partial charge on any atom is -0.294 e. The topological polar surface area (TPSA) is 17.1 Å². The largest absolute Gasteiger partial charge is 0.294 e. The van der Waals surface area contributed by atoms with E-state index in [9.17, 15) is 4.79 Å². The van der Waals surface area contributed by atoms with E-state index in [4.69, 9.17) is 0 Å². The van der Waals surface area contributed by atoms with Crippen molar-refractivity contribution in [2.24, 2.45) is 5.92 Å². The molecule has 0 aliphatic carbocycles. The van der Waals surface area contributed by atoms with E-state index in [1.165, 1.54) is 0 Å². The number of rotatable bonds is 2. The molecule has 0 fully saturated rings. The van der Waals surface area contributed by atoms with E-state index < -0.39 is 0 Å². The predicted molar refractivity (Wildman–Crippen MR) is 83.8 cm³/mol. The Morgan fingerprint density at radius 1 is 1.21 bits per heavy atom. The molecule has 0 aliphatic heterocycles. The smallest absolute Gasteiger partial charge is 0.166 e. The van der Waals surface area contributed by atoms with E-state index in [2.05, 4.69) is 73.8 Å². The fourth-order valence-corrected chi connectivity index (χ4v) is 3.47. The van der Waals surface area contributed by atoms with Crippen molar-refractivity contribution in [3.05, 3.63) is 28.4 Å². The Bertz CT molecular complexity index is 372. The summed E-state index contributed by atoms with van der Waals surface area (Å²) in [5.41, 5.74) is 0.858. The molecule has 0 amide bonds. The molecule has 14 heavy (non-hydrogen) atoms. The van der Waals surface area contributed by atoms with Gasteiger partial charge in [0, 0.05) is 22.2 Å². The molecule has 1 aromatic carbocycles. The standard InChI is InChI=1S/C10H9I3O/c1-5(2)10(14)7-3-6(11)4-8(12)9(7)13/h3-5H,1-2H3. The summed E-state index contributed by atoms with van der Waals surface area (Å²) >= 11 is 6.75. The van der Waals surface area contributed by atoms with Gasteiger partial charge in [-0.15, -0.1) is 0 Å². The monoisotopic (exact) mass is 526 g/mol. The molecule has 0 bridgehead atoms. The fourth-order valence-electron chi connectivity index (χ4n) is 1.05. The van der Waals surface area contributed by atoms with E-state index >= 15 is 0 Å². The molecule has 1 nitrogen and oxygen atoms in total. The van der Waals surface area contributed by atoms with Gasteiger partial charge in [-0.1, -0.05) is 13.8 Å². The Balaban J connectivity index is 3.27. The minimum absolute atomic E-state index is 0.0671. The summed E-state index contributed by atoms with van der Waals surface area (Å²) in [6, 6.07) is 4.05. The van der Waals surface area contributed by atoms with Gasteiger partial charge in [0.1, 0.15) is 0 Å². The van der Waals surface area contributed by atoms with E-state index in [-0.39, 0.29) is 11.7 Å². The van der Waals surface area contributed by atoms with Crippen LogP contribution in [0.2, 0.25) is 0 Å². The first kappa shape index (κ1) is 13.1. The molecule has 0 saturated heterocycles. The summed E-state index contributed by atoms with van der Waals surface area (Å²) in [5, 5.41) is 0. The molecular weight excluding hydrogens is 517 g/mol. The Morgan fingerprint density at radius 3 is 2.29 bits per heavy atom. The molecule has 0 spiro atoms. The van der Waals surface area contributed by atoms with Crippen LogP contribution in [-0.4, -0.2) is 5.78 Å². The fraction of sp³-hybridized carbons (Fsp3) is 0.300. The van der Waals surface area contributed by atoms with Crippen molar-refractivity contribution >= 4 is 73.6 Å². The maximum atomic E-state index is 11.9. The number of hydrogen-bond acceptors (Lipinski definition) is 1. The van der Waals surface area contributed by atoms with Gasteiger partial charge in [0.2, 0.25) is 0 Å². The number of ketones is 1. The van der Waals surface area contributed by atoms with Crippen LogP contribution in [0.15, 0.2) is 12.1 Å². The Hall–Kier alpha value is 1.08. The Labute approximate surface area is 125 Å². The molecule has 0 atom stereocenters. The van der Waals surface area contributed by atoms with Gasteiger partial charge in [-0.05, 0) is 79.9 Å². The van der Waals surface area contributed by atoms with Gasteiger partial charge in [-0.25, -0.2) is 0 Å². The van der Waals surface area contributed by atoms with Gasteiger partial charge in [0.05, 0.1) is 0 Å². The second kappa shape index (κ2) is 5.42. The lowest BCUT2D eigenvalue weighted by molar-refractivity contribution is 0.0938. The lowest BCUT2D eigenvalue weighted by atomic mass is 10.0. The summed E-state index contributed by atoms with van der Waals surface area (Å²) in [6.07, 6.45) is 0. The molecule has 1 aromatic rings. The molecule has 0 saturated carbocycles. The Kier molecular flexibility index (Phi) is 5.09. The molecule has 1 rings (SSSR count). The quantitative estimate of drug-likeness (QED) is 0.319. The number of hydrogen-bond donors (Lipinski definition) is 0. The van der Waals surface area contributed by atoms with E-state index in [0.717, 1.165) is 16.3 Å². The summed E-state index contributed by atoms with van der Waals surface area (Å²) in [6.45, 7) is 3.87. The van der Waals surface area contributed by atoms with Crippen LogP contribution >= 0.6 is 67.8 Å². The second-order valence-corrected chi connectivity index (χ2v) is 6.75. The van der Waals surface area contributed by atoms with Gasteiger partial charge in [0.25, 0.3) is 0 Å². The maximum absolute atomic E-state index is 11.9. The zero-order valence-electron chi connectivity index (χ0n) is 7.77. The first-order valence-electron chi connectivity index (χ1n) is 4.12. The molecule has 4 heteroatoms. The summed E-state index contributed by atoms with van der Waals surface area (Å²) in [4.78, 5) is 11.9. The molecule has 0 unspecified atom stereocenters. The SMILES string of the molecule is CC(C)C(=O)c1cc(I)cc(I)c1I. The van der Waals surface area contributed by atoms with Crippen LogP contribution in [0.25, 0.3) is 0 Å². The molecule has 0 N–H and O–H groups in total. The highest BCUT2D eigenvalue weighted by Gasteiger charge is 2.16. The van der Waals surface area contributed by atoms with Crippen LogP contribution in [0.4, 0.5) is 0 Å². The van der Waals surface area contributed by atoms with Gasteiger partial charge >= 0.3 is 0 Å². The van der Waals surface area contributed by atoms with Crippen molar-refractivity contribution in [2.75, 3.05) is 0 Å². The molecule has 0 aromatic heterocycles. The van der Waals surface area contributed by atoms with Crippen LogP contribution < -0.4 is 0 Å². The molecular formula is C10H9I3O. The predicted octanol–water partition coefficient (Wildman–Crippen LogP) is 4.34. The van der Waals surface area contributed by atoms with Crippen LogP contribution in [0.5, 0.6) is 0 Å². The van der Waals surface area contributed by atoms with Crippen molar-refractivity contribution < 1.29 is 4.79 Å². The third kappa shape index (κ3) is 3.03. The van der Waals surface area contributed by atoms with Crippen LogP contribution in [0.1, 0.15) is 24.2 Å². The van der Waals surface area contributed by atoms with Gasteiger partial charge < -0.3 is 0 Å². The van der Waals surface area contributed by atoms with Crippen molar-refractivity contribution in [3.8, 4) is 0 Å². The average Bonchev–Trinajstić information content (AvgIpc) is 2.09. The van der Waals surface area contributed by atoms with Gasteiger partial charge in [0.15, 0.2) is 5.78 Å². The van der Waals surface area contributed by atoms with Crippen molar-refractivity contribution in [1.29, 1.82) is 0 Å². The van der Waals surface area contributed by atoms with E-state index in [1.807, 2.05) is 19.9 Å². The van der Waals surface area contributed by atoms with Crippen LogP contribution in [0.3, 0.4) is 0 Å². The first-order chi connectivity index (χ1) is 6.43. The van der Waals surface area contributed by atoms with E-state index in [0.29, 0.717) is 0 Å². The second-order valence-electron chi connectivity index (χ2n) is 3.27. The highest BCUT2D eigenvalue weighted by Crippen LogP contribution is 2.24. The molecule has 0 aliphatic rings.